The maximum Gasteiger partial charge on any atom is 0.146 e. The molecule has 0 saturated heterocycles. The van der Waals surface area contributed by atoms with E-state index in [0.29, 0.717) is 29.0 Å². The number of hydrogen-bond acceptors (Lipinski definition) is 3. The zero-order valence-corrected chi connectivity index (χ0v) is 14.9. The van der Waals surface area contributed by atoms with Crippen LogP contribution in [0.4, 0.5) is 5.69 Å². The summed E-state index contributed by atoms with van der Waals surface area (Å²) in [6.07, 6.45) is 6.46. The number of fused-ring (bicyclic) bond motifs is 3. The Balaban J connectivity index is 1.54. The van der Waals surface area contributed by atoms with Crippen LogP contribution in [-0.4, -0.2) is 12.3 Å². The van der Waals surface area contributed by atoms with E-state index in [1.807, 2.05) is 0 Å². The SMILES string of the molecule is C=Nc1ccc(Cl)cc1OCc1ccc2c(c1)OC1(C)CC=CCC21. The van der Waals surface area contributed by atoms with Crippen molar-refractivity contribution in [3.63, 3.8) is 0 Å². The Morgan fingerprint density at radius 1 is 1.28 bits per heavy atom. The van der Waals surface area contributed by atoms with Gasteiger partial charge in [-0.15, -0.1) is 0 Å². The number of halogens is 1. The zero-order chi connectivity index (χ0) is 17.4. The minimum atomic E-state index is -0.122. The average molecular weight is 354 g/mol. The first-order valence-electron chi connectivity index (χ1n) is 8.45. The zero-order valence-electron chi connectivity index (χ0n) is 14.2. The molecule has 0 spiro atoms. The second-order valence-corrected chi connectivity index (χ2v) is 7.25. The molecule has 0 saturated carbocycles. The molecule has 1 heterocycles. The third kappa shape index (κ3) is 2.93. The summed E-state index contributed by atoms with van der Waals surface area (Å²) in [5.74, 6) is 2.05. The molecule has 4 rings (SSSR count). The van der Waals surface area contributed by atoms with E-state index in [9.17, 15) is 0 Å². The summed E-state index contributed by atoms with van der Waals surface area (Å²) in [6.45, 7) is 6.20. The summed E-state index contributed by atoms with van der Waals surface area (Å²) in [4.78, 5) is 3.97. The molecule has 2 atom stereocenters. The molecule has 0 amide bonds. The van der Waals surface area contributed by atoms with E-state index in [2.05, 4.69) is 49.0 Å². The van der Waals surface area contributed by atoms with Gasteiger partial charge in [0.1, 0.15) is 29.4 Å². The van der Waals surface area contributed by atoms with Crippen LogP contribution in [0.1, 0.15) is 36.8 Å². The summed E-state index contributed by atoms with van der Waals surface area (Å²) in [6, 6.07) is 11.7. The second-order valence-electron chi connectivity index (χ2n) is 6.81. The fraction of sp³-hybridized carbons (Fsp3) is 0.286. The van der Waals surface area contributed by atoms with Gasteiger partial charge in [0.25, 0.3) is 0 Å². The lowest BCUT2D eigenvalue weighted by Gasteiger charge is -2.31. The molecule has 2 aliphatic rings. The van der Waals surface area contributed by atoms with Crippen LogP contribution in [-0.2, 0) is 6.61 Å². The van der Waals surface area contributed by atoms with Gasteiger partial charge < -0.3 is 9.47 Å². The summed E-state index contributed by atoms with van der Waals surface area (Å²) in [5.41, 5.74) is 2.92. The molecule has 25 heavy (non-hydrogen) atoms. The Hall–Kier alpha value is -2.26. The van der Waals surface area contributed by atoms with Crippen molar-refractivity contribution in [2.24, 2.45) is 4.99 Å². The van der Waals surface area contributed by atoms with E-state index in [0.717, 1.165) is 24.2 Å². The van der Waals surface area contributed by atoms with Gasteiger partial charge in [0.15, 0.2) is 0 Å². The summed E-state index contributed by atoms with van der Waals surface area (Å²) in [7, 11) is 0. The van der Waals surface area contributed by atoms with Gasteiger partial charge in [-0.3, -0.25) is 4.99 Å². The fourth-order valence-electron chi connectivity index (χ4n) is 3.70. The van der Waals surface area contributed by atoms with Crippen LogP contribution >= 0.6 is 11.6 Å². The van der Waals surface area contributed by atoms with Gasteiger partial charge in [-0.2, -0.15) is 0 Å². The Labute approximate surface area is 152 Å². The predicted molar refractivity (Wildman–Crippen MR) is 102 cm³/mol. The minimum Gasteiger partial charge on any atom is -0.487 e. The van der Waals surface area contributed by atoms with Crippen LogP contribution in [0.5, 0.6) is 11.5 Å². The lowest BCUT2D eigenvalue weighted by atomic mass is 9.78. The first kappa shape index (κ1) is 16.2. The normalized spacial score (nSPS) is 23.5. The molecule has 3 nitrogen and oxygen atoms in total. The highest BCUT2D eigenvalue weighted by Crippen LogP contribution is 2.50. The topological polar surface area (TPSA) is 30.8 Å². The van der Waals surface area contributed by atoms with E-state index in [1.54, 1.807) is 18.2 Å². The largest absolute Gasteiger partial charge is 0.487 e. The third-order valence-electron chi connectivity index (χ3n) is 5.08. The van der Waals surface area contributed by atoms with Gasteiger partial charge >= 0.3 is 0 Å². The highest BCUT2D eigenvalue weighted by molar-refractivity contribution is 6.30. The Morgan fingerprint density at radius 3 is 3.00 bits per heavy atom. The number of benzene rings is 2. The average Bonchev–Trinajstić information content (AvgIpc) is 2.91. The van der Waals surface area contributed by atoms with Crippen molar-refractivity contribution in [3.05, 3.63) is 64.7 Å². The van der Waals surface area contributed by atoms with Crippen molar-refractivity contribution in [1.29, 1.82) is 0 Å². The third-order valence-corrected chi connectivity index (χ3v) is 5.32. The molecule has 0 bridgehead atoms. The van der Waals surface area contributed by atoms with Crippen LogP contribution in [0.2, 0.25) is 5.02 Å². The molecule has 1 aliphatic carbocycles. The number of hydrogen-bond donors (Lipinski definition) is 0. The summed E-state index contributed by atoms with van der Waals surface area (Å²) >= 11 is 6.05. The van der Waals surface area contributed by atoms with Gasteiger partial charge in [-0.05, 0) is 43.8 Å². The monoisotopic (exact) mass is 353 g/mol. The van der Waals surface area contributed by atoms with Crippen LogP contribution < -0.4 is 9.47 Å². The molecule has 0 N–H and O–H groups in total. The highest BCUT2D eigenvalue weighted by atomic mass is 35.5. The Bertz CT molecular complexity index is 861. The van der Waals surface area contributed by atoms with E-state index in [-0.39, 0.29) is 5.60 Å². The first-order valence-corrected chi connectivity index (χ1v) is 8.83. The van der Waals surface area contributed by atoms with Gasteiger partial charge in [0, 0.05) is 29.0 Å². The molecular weight excluding hydrogens is 334 g/mol. The van der Waals surface area contributed by atoms with Crippen molar-refractivity contribution in [2.75, 3.05) is 0 Å². The van der Waals surface area contributed by atoms with E-state index in [4.69, 9.17) is 21.1 Å². The smallest absolute Gasteiger partial charge is 0.146 e. The molecule has 128 valence electrons. The first-order chi connectivity index (χ1) is 12.1. The number of ether oxygens (including phenoxy) is 2. The van der Waals surface area contributed by atoms with Crippen LogP contribution in [0.25, 0.3) is 0 Å². The van der Waals surface area contributed by atoms with E-state index >= 15 is 0 Å². The van der Waals surface area contributed by atoms with Gasteiger partial charge in [-0.1, -0.05) is 35.9 Å². The van der Waals surface area contributed by atoms with E-state index < -0.39 is 0 Å². The van der Waals surface area contributed by atoms with Crippen LogP contribution in [0.3, 0.4) is 0 Å². The molecule has 1 aliphatic heterocycles. The fourth-order valence-corrected chi connectivity index (χ4v) is 3.86. The number of rotatable bonds is 4. The number of nitrogens with zero attached hydrogens (tertiary/aromatic N) is 1. The van der Waals surface area contributed by atoms with Crippen LogP contribution in [0.15, 0.2) is 53.5 Å². The number of allylic oxidation sites excluding steroid dienone is 1. The second kappa shape index (κ2) is 6.23. The molecular formula is C21H20ClNO2. The minimum absolute atomic E-state index is 0.122. The van der Waals surface area contributed by atoms with Crippen molar-refractivity contribution in [1.82, 2.24) is 0 Å². The summed E-state index contributed by atoms with van der Waals surface area (Å²) in [5, 5.41) is 0.615. The van der Waals surface area contributed by atoms with Crippen molar-refractivity contribution >= 4 is 24.0 Å². The molecule has 0 radical (unpaired) electrons. The van der Waals surface area contributed by atoms with Crippen LogP contribution in [0, 0.1) is 0 Å². The molecule has 2 unspecified atom stereocenters. The van der Waals surface area contributed by atoms with Gasteiger partial charge in [0.05, 0.1) is 0 Å². The standard InChI is InChI=1S/C21H20ClNO2/c1-21-10-4-3-5-17(21)16-8-6-14(11-19(16)25-21)13-24-20-12-15(22)7-9-18(20)23-2/h3-4,6-9,11-12,17H,2,5,10,13H2,1H3. The Morgan fingerprint density at radius 2 is 2.16 bits per heavy atom. The van der Waals surface area contributed by atoms with E-state index in [1.165, 1.54) is 5.56 Å². The van der Waals surface area contributed by atoms with Gasteiger partial charge in [0.2, 0.25) is 0 Å². The maximum atomic E-state index is 6.30. The van der Waals surface area contributed by atoms with Crippen molar-refractivity contribution < 1.29 is 9.47 Å². The lowest BCUT2D eigenvalue weighted by Crippen LogP contribution is -2.35. The lowest BCUT2D eigenvalue weighted by molar-refractivity contribution is 0.0875. The predicted octanol–water partition coefficient (Wildman–Crippen LogP) is 5.84. The summed E-state index contributed by atoms with van der Waals surface area (Å²) < 4.78 is 12.2. The van der Waals surface area contributed by atoms with Crippen molar-refractivity contribution in [2.45, 2.75) is 37.9 Å². The molecule has 4 heteroatoms. The van der Waals surface area contributed by atoms with Gasteiger partial charge in [-0.25, -0.2) is 0 Å². The Kier molecular flexibility index (Phi) is 4.04. The number of aliphatic imine (C=N–C) groups is 1. The molecule has 2 aromatic rings. The highest BCUT2D eigenvalue weighted by Gasteiger charge is 2.44. The molecule has 0 fully saturated rings. The maximum absolute atomic E-state index is 6.30. The quantitative estimate of drug-likeness (QED) is 0.511. The molecule has 0 aromatic heterocycles. The molecule has 2 aromatic carbocycles. The van der Waals surface area contributed by atoms with Crippen molar-refractivity contribution in [3.8, 4) is 11.5 Å².